The van der Waals surface area contributed by atoms with Crippen LogP contribution in [0.2, 0.25) is 0 Å². The number of likely N-dealkylation sites (tertiary alicyclic amines) is 1. The molecule has 0 radical (unpaired) electrons. The van der Waals surface area contributed by atoms with Gasteiger partial charge >= 0.3 is 6.03 Å². The van der Waals surface area contributed by atoms with Gasteiger partial charge in [-0.1, -0.05) is 18.2 Å². The first-order chi connectivity index (χ1) is 12.1. The van der Waals surface area contributed by atoms with E-state index in [0.29, 0.717) is 18.9 Å². The molecule has 7 heteroatoms. The molecule has 25 heavy (non-hydrogen) atoms. The monoisotopic (exact) mass is 343 g/mol. The van der Waals surface area contributed by atoms with Crippen molar-refractivity contribution in [2.24, 2.45) is 0 Å². The van der Waals surface area contributed by atoms with E-state index in [9.17, 15) is 4.79 Å². The van der Waals surface area contributed by atoms with E-state index in [2.05, 4.69) is 22.3 Å². The number of urea groups is 1. The number of rotatable bonds is 4. The van der Waals surface area contributed by atoms with Gasteiger partial charge in [-0.05, 0) is 38.3 Å². The van der Waals surface area contributed by atoms with Crippen LogP contribution in [0, 0.1) is 0 Å². The summed E-state index contributed by atoms with van der Waals surface area (Å²) in [5.41, 5.74) is 0.789. The number of carbonyl (C=O) groups is 1. The van der Waals surface area contributed by atoms with Crippen molar-refractivity contribution in [1.29, 1.82) is 0 Å². The number of carbonyl (C=O) groups excluding carboxylic acids is 1. The number of aromatic nitrogens is 3. The van der Waals surface area contributed by atoms with Crippen LogP contribution >= 0.6 is 0 Å². The van der Waals surface area contributed by atoms with Gasteiger partial charge in [0, 0.05) is 20.2 Å². The zero-order valence-electron chi connectivity index (χ0n) is 14.8. The minimum absolute atomic E-state index is 0.0667. The average molecular weight is 343 g/mol. The highest BCUT2D eigenvalue weighted by Gasteiger charge is 2.29. The smallest absolute Gasteiger partial charge is 0.317 e. The zero-order valence-corrected chi connectivity index (χ0v) is 14.8. The SMILES string of the molecule is COC1(C)CCCN(C(=O)NCc2ncnn2-c2ccccc2)CC1. The van der Waals surface area contributed by atoms with Crippen molar-refractivity contribution < 1.29 is 9.53 Å². The highest BCUT2D eigenvalue weighted by Crippen LogP contribution is 2.25. The number of benzene rings is 1. The van der Waals surface area contributed by atoms with Gasteiger partial charge in [-0.15, -0.1) is 0 Å². The van der Waals surface area contributed by atoms with Gasteiger partial charge in [0.15, 0.2) is 5.82 Å². The predicted molar refractivity (Wildman–Crippen MR) is 94.4 cm³/mol. The van der Waals surface area contributed by atoms with Gasteiger partial charge in [0.1, 0.15) is 6.33 Å². The summed E-state index contributed by atoms with van der Waals surface area (Å²) in [6.45, 7) is 3.89. The van der Waals surface area contributed by atoms with E-state index in [1.807, 2.05) is 35.2 Å². The van der Waals surface area contributed by atoms with E-state index >= 15 is 0 Å². The molecule has 1 aliphatic heterocycles. The second-order valence-corrected chi connectivity index (χ2v) is 6.58. The Morgan fingerprint density at radius 2 is 2.08 bits per heavy atom. The van der Waals surface area contributed by atoms with Crippen LogP contribution in [0.4, 0.5) is 4.79 Å². The quantitative estimate of drug-likeness (QED) is 0.925. The number of hydrogen-bond acceptors (Lipinski definition) is 4. The van der Waals surface area contributed by atoms with Gasteiger partial charge in [0.25, 0.3) is 0 Å². The van der Waals surface area contributed by atoms with Crippen molar-refractivity contribution in [2.45, 2.75) is 38.3 Å². The van der Waals surface area contributed by atoms with Crippen molar-refractivity contribution in [2.75, 3.05) is 20.2 Å². The van der Waals surface area contributed by atoms with Crippen LogP contribution in [0.5, 0.6) is 0 Å². The molecular weight excluding hydrogens is 318 g/mol. The molecule has 1 unspecified atom stereocenters. The molecule has 1 atom stereocenters. The fourth-order valence-corrected chi connectivity index (χ4v) is 3.10. The van der Waals surface area contributed by atoms with Crippen LogP contribution in [-0.4, -0.2) is 51.5 Å². The molecule has 1 fully saturated rings. The summed E-state index contributed by atoms with van der Waals surface area (Å²) in [6.07, 6.45) is 4.26. The molecular formula is C18H25N5O2. The van der Waals surface area contributed by atoms with Crippen LogP contribution < -0.4 is 5.32 Å². The lowest BCUT2D eigenvalue weighted by atomic mass is 9.97. The first-order valence-electron chi connectivity index (χ1n) is 8.63. The van der Waals surface area contributed by atoms with E-state index in [4.69, 9.17) is 4.74 Å². The third kappa shape index (κ3) is 4.17. The summed E-state index contributed by atoms with van der Waals surface area (Å²) in [6, 6.07) is 9.70. The molecule has 3 rings (SSSR count). The number of methoxy groups -OCH3 is 1. The van der Waals surface area contributed by atoms with Gasteiger partial charge < -0.3 is 15.0 Å². The van der Waals surface area contributed by atoms with Crippen LogP contribution in [0.1, 0.15) is 32.0 Å². The summed E-state index contributed by atoms with van der Waals surface area (Å²) >= 11 is 0. The Hall–Kier alpha value is -2.41. The molecule has 1 aromatic carbocycles. The van der Waals surface area contributed by atoms with Crippen LogP contribution in [-0.2, 0) is 11.3 Å². The zero-order chi connectivity index (χ0) is 17.7. The minimum atomic E-state index is -0.136. The van der Waals surface area contributed by atoms with Crippen molar-refractivity contribution in [1.82, 2.24) is 25.0 Å². The largest absolute Gasteiger partial charge is 0.378 e. The molecule has 2 amide bonds. The Morgan fingerprint density at radius 3 is 2.84 bits per heavy atom. The number of nitrogens with zero attached hydrogens (tertiary/aromatic N) is 4. The molecule has 134 valence electrons. The Morgan fingerprint density at radius 1 is 1.28 bits per heavy atom. The number of hydrogen-bond donors (Lipinski definition) is 1. The van der Waals surface area contributed by atoms with Gasteiger partial charge in [-0.25, -0.2) is 14.5 Å². The lowest BCUT2D eigenvalue weighted by molar-refractivity contribution is -0.00500. The Kier molecular flexibility index (Phi) is 5.33. The molecule has 0 bridgehead atoms. The van der Waals surface area contributed by atoms with Crippen LogP contribution in [0.15, 0.2) is 36.7 Å². The van der Waals surface area contributed by atoms with Gasteiger partial charge in [0.05, 0.1) is 17.8 Å². The minimum Gasteiger partial charge on any atom is -0.378 e. The molecule has 0 saturated carbocycles. The van der Waals surface area contributed by atoms with Crippen molar-refractivity contribution in [3.05, 3.63) is 42.5 Å². The summed E-state index contributed by atoms with van der Waals surface area (Å²) < 4.78 is 7.33. The van der Waals surface area contributed by atoms with Gasteiger partial charge in [-0.2, -0.15) is 5.10 Å². The summed E-state index contributed by atoms with van der Waals surface area (Å²) in [5, 5.41) is 7.21. The number of nitrogens with one attached hydrogen (secondary N) is 1. The first kappa shape index (κ1) is 17.4. The summed E-state index contributed by atoms with van der Waals surface area (Å²) in [5.74, 6) is 0.705. The van der Waals surface area contributed by atoms with Crippen LogP contribution in [0.25, 0.3) is 5.69 Å². The second-order valence-electron chi connectivity index (χ2n) is 6.58. The van der Waals surface area contributed by atoms with Crippen molar-refractivity contribution in [3.8, 4) is 5.69 Å². The molecule has 1 N–H and O–H groups in total. The Labute approximate surface area is 148 Å². The third-order valence-electron chi connectivity index (χ3n) is 4.84. The lowest BCUT2D eigenvalue weighted by Gasteiger charge is -2.26. The lowest BCUT2D eigenvalue weighted by Crippen LogP contribution is -2.41. The fourth-order valence-electron chi connectivity index (χ4n) is 3.10. The van der Waals surface area contributed by atoms with Crippen molar-refractivity contribution in [3.63, 3.8) is 0 Å². The molecule has 2 aromatic rings. The van der Waals surface area contributed by atoms with E-state index in [0.717, 1.165) is 31.5 Å². The molecule has 1 aromatic heterocycles. The maximum Gasteiger partial charge on any atom is 0.317 e. The molecule has 0 spiro atoms. The first-order valence-corrected chi connectivity index (χ1v) is 8.63. The third-order valence-corrected chi connectivity index (χ3v) is 4.84. The molecule has 2 heterocycles. The number of ether oxygens (including phenoxy) is 1. The average Bonchev–Trinajstić information content (AvgIpc) is 3.02. The predicted octanol–water partition coefficient (Wildman–Crippen LogP) is 2.37. The number of amides is 2. The van der Waals surface area contributed by atoms with E-state index in [-0.39, 0.29) is 11.6 Å². The highest BCUT2D eigenvalue weighted by atomic mass is 16.5. The summed E-state index contributed by atoms with van der Waals surface area (Å²) in [7, 11) is 1.74. The maximum atomic E-state index is 12.5. The topological polar surface area (TPSA) is 72.3 Å². The van der Waals surface area contributed by atoms with Gasteiger partial charge in [0.2, 0.25) is 0 Å². The van der Waals surface area contributed by atoms with Gasteiger partial charge in [-0.3, -0.25) is 0 Å². The highest BCUT2D eigenvalue weighted by molar-refractivity contribution is 5.74. The van der Waals surface area contributed by atoms with E-state index in [1.54, 1.807) is 11.8 Å². The molecule has 7 nitrogen and oxygen atoms in total. The normalized spacial score (nSPS) is 21.0. The van der Waals surface area contributed by atoms with Crippen LogP contribution in [0.3, 0.4) is 0 Å². The fraction of sp³-hybridized carbons (Fsp3) is 0.500. The van der Waals surface area contributed by atoms with E-state index in [1.165, 1.54) is 6.33 Å². The summed E-state index contributed by atoms with van der Waals surface area (Å²) in [4.78, 5) is 18.6. The Balaban J connectivity index is 1.59. The maximum absolute atomic E-state index is 12.5. The molecule has 0 aliphatic carbocycles. The number of para-hydroxylation sites is 1. The standard InChI is InChI=1S/C18H25N5O2/c1-18(25-2)9-6-11-22(12-10-18)17(24)19-13-16-20-14-21-23(16)15-7-4-3-5-8-15/h3-5,7-8,14H,6,9-13H2,1-2H3,(H,19,24). The second kappa shape index (κ2) is 7.65. The molecule has 1 aliphatic rings. The van der Waals surface area contributed by atoms with Crippen molar-refractivity contribution >= 4 is 6.03 Å². The van der Waals surface area contributed by atoms with E-state index < -0.39 is 0 Å². The molecule has 1 saturated heterocycles. The Bertz CT molecular complexity index is 703.